The van der Waals surface area contributed by atoms with E-state index in [0.717, 1.165) is 5.56 Å². The monoisotopic (exact) mass is 207 g/mol. The van der Waals surface area contributed by atoms with E-state index in [0.29, 0.717) is 0 Å². The first-order chi connectivity index (χ1) is 7.04. The molecule has 1 aromatic carbocycles. The molecular weight excluding hydrogens is 190 g/mol. The highest BCUT2D eigenvalue weighted by atomic mass is 16.5. The SMILES string of the molecule is COC(=O)NC(C)c1ccc(C)cc1C. The van der Waals surface area contributed by atoms with E-state index >= 15 is 0 Å². The molecule has 0 radical (unpaired) electrons. The number of carbonyl (C=O) groups excluding carboxylic acids is 1. The molecule has 1 N–H and O–H groups in total. The molecule has 1 unspecified atom stereocenters. The molecule has 0 aliphatic rings. The highest BCUT2D eigenvalue weighted by Gasteiger charge is 2.11. The lowest BCUT2D eigenvalue weighted by molar-refractivity contribution is 0.167. The Morgan fingerprint density at radius 2 is 2.07 bits per heavy atom. The van der Waals surface area contributed by atoms with Crippen LogP contribution in [0, 0.1) is 13.8 Å². The van der Waals surface area contributed by atoms with E-state index in [-0.39, 0.29) is 6.04 Å². The fraction of sp³-hybridized carbons (Fsp3) is 0.417. The molecule has 1 rings (SSSR count). The lowest BCUT2D eigenvalue weighted by Gasteiger charge is -2.16. The van der Waals surface area contributed by atoms with Crippen LogP contribution in [-0.4, -0.2) is 13.2 Å². The molecule has 0 saturated carbocycles. The molecule has 0 saturated heterocycles. The topological polar surface area (TPSA) is 38.3 Å². The predicted octanol–water partition coefficient (Wildman–Crippen LogP) is 2.72. The van der Waals surface area contributed by atoms with Crippen LogP contribution in [-0.2, 0) is 4.74 Å². The molecule has 1 atom stereocenters. The highest BCUT2D eigenvalue weighted by molar-refractivity contribution is 5.67. The maximum Gasteiger partial charge on any atom is 0.407 e. The Morgan fingerprint density at radius 3 is 2.60 bits per heavy atom. The van der Waals surface area contributed by atoms with E-state index in [1.807, 2.05) is 26.0 Å². The van der Waals surface area contributed by atoms with Crippen molar-refractivity contribution in [2.24, 2.45) is 0 Å². The maximum absolute atomic E-state index is 11.0. The summed E-state index contributed by atoms with van der Waals surface area (Å²) >= 11 is 0. The Bertz CT molecular complexity index is 361. The van der Waals surface area contributed by atoms with Crippen molar-refractivity contribution in [3.05, 3.63) is 34.9 Å². The standard InChI is InChI=1S/C12H17NO2/c1-8-5-6-11(9(2)7-8)10(3)13-12(14)15-4/h5-7,10H,1-4H3,(H,13,14). The van der Waals surface area contributed by atoms with Crippen molar-refractivity contribution in [2.75, 3.05) is 7.11 Å². The van der Waals surface area contributed by atoms with Crippen molar-refractivity contribution in [2.45, 2.75) is 26.8 Å². The second-order valence-electron chi connectivity index (χ2n) is 3.72. The Balaban J connectivity index is 2.82. The van der Waals surface area contributed by atoms with E-state index in [9.17, 15) is 4.79 Å². The van der Waals surface area contributed by atoms with Crippen LogP contribution in [0.2, 0.25) is 0 Å². The van der Waals surface area contributed by atoms with E-state index in [2.05, 4.69) is 23.0 Å². The first-order valence-electron chi connectivity index (χ1n) is 4.96. The normalized spacial score (nSPS) is 12.0. The smallest absolute Gasteiger partial charge is 0.407 e. The van der Waals surface area contributed by atoms with Crippen molar-refractivity contribution in [3.8, 4) is 0 Å². The summed E-state index contributed by atoms with van der Waals surface area (Å²) in [5.74, 6) is 0. The molecule has 0 spiro atoms. The van der Waals surface area contributed by atoms with Gasteiger partial charge in [-0.05, 0) is 31.9 Å². The zero-order valence-electron chi connectivity index (χ0n) is 9.63. The molecule has 3 nitrogen and oxygen atoms in total. The molecule has 3 heteroatoms. The molecule has 15 heavy (non-hydrogen) atoms. The zero-order chi connectivity index (χ0) is 11.4. The third kappa shape index (κ3) is 2.98. The van der Waals surface area contributed by atoms with Crippen LogP contribution >= 0.6 is 0 Å². The van der Waals surface area contributed by atoms with E-state index < -0.39 is 6.09 Å². The lowest BCUT2D eigenvalue weighted by atomic mass is 10.0. The van der Waals surface area contributed by atoms with Crippen LogP contribution in [0.25, 0.3) is 0 Å². The quantitative estimate of drug-likeness (QED) is 0.809. The molecule has 0 aromatic heterocycles. The summed E-state index contributed by atoms with van der Waals surface area (Å²) in [5, 5.41) is 2.74. The number of aryl methyl sites for hydroxylation is 2. The van der Waals surface area contributed by atoms with Gasteiger partial charge in [-0.25, -0.2) is 4.79 Å². The van der Waals surface area contributed by atoms with Gasteiger partial charge in [0.15, 0.2) is 0 Å². The first kappa shape index (κ1) is 11.6. The molecule has 0 heterocycles. The molecular formula is C12H17NO2. The predicted molar refractivity (Wildman–Crippen MR) is 59.9 cm³/mol. The van der Waals surface area contributed by atoms with Crippen LogP contribution < -0.4 is 5.32 Å². The minimum atomic E-state index is -0.400. The summed E-state index contributed by atoms with van der Waals surface area (Å²) in [6.45, 7) is 6.03. The second kappa shape index (κ2) is 4.82. The van der Waals surface area contributed by atoms with Gasteiger partial charge in [-0.1, -0.05) is 23.8 Å². The number of nitrogens with one attached hydrogen (secondary N) is 1. The lowest BCUT2D eigenvalue weighted by Crippen LogP contribution is -2.26. The summed E-state index contributed by atoms with van der Waals surface area (Å²) in [4.78, 5) is 11.0. The molecule has 0 aliphatic heterocycles. The summed E-state index contributed by atoms with van der Waals surface area (Å²) in [6, 6.07) is 6.14. The number of alkyl carbamates (subject to hydrolysis) is 1. The summed E-state index contributed by atoms with van der Waals surface area (Å²) in [5.41, 5.74) is 3.52. The van der Waals surface area contributed by atoms with Crippen molar-refractivity contribution in [1.82, 2.24) is 5.32 Å². The van der Waals surface area contributed by atoms with E-state index in [1.54, 1.807) is 0 Å². The van der Waals surface area contributed by atoms with Crippen LogP contribution in [0.3, 0.4) is 0 Å². The summed E-state index contributed by atoms with van der Waals surface area (Å²) in [7, 11) is 1.37. The Kier molecular flexibility index (Phi) is 3.72. The third-order valence-corrected chi connectivity index (χ3v) is 2.41. The van der Waals surface area contributed by atoms with Gasteiger partial charge in [-0.3, -0.25) is 0 Å². The van der Waals surface area contributed by atoms with Crippen LogP contribution in [0.1, 0.15) is 29.7 Å². The van der Waals surface area contributed by atoms with Crippen LogP contribution in [0.4, 0.5) is 4.79 Å². The number of amides is 1. The number of carbonyl (C=O) groups is 1. The average Bonchev–Trinajstić information content (AvgIpc) is 2.17. The van der Waals surface area contributed by atoms with Crippen molar-refractivity contribution in [1.29, 1.82) is 0 Å². The van der Waals surface area contributed by atoms with Gasteiger partial charge >= 0.3 is 6.09 Å². The number of methoxy groups -OCH3 is 1. The van der Waals surface area contributed by atoms with Gasteiger partial charge in [0.1, 0.15) is 0 Å². The highest BCUT2D eigenvalue weighted by Crippen LogP contribution is 2.18. The largest absolute Gasteiger partial charge is 0.453 e. The number of benzene rings is 1. The number of hydrogen-bond donors (Lipinski definition) is 1. The van der Waals surface area contributed by atoms with E-state index in [4.69, 9.17) is 0 Å². The van der Waals surface area contributed by atoms with Crippen LogP contribution in [0.5, 0.6) is 0 Å². The zero-order valence-corrected chi connectivity index (χ0v) is 9.63. The molecule has 1 amide bonds. The molecule has 0 aliphatic carbocycles. The van der Waals surface area contributed by atoms with Crippen molar-refractivity contribution < 1.29 is 9.53 Å². The van der Waals surface area contributed by atoms with Gasteiger partial charge in [-0.2, -0.15) is 0 Å². The van der Waals surface area contributed by atoms with Gasteiger partial charge in [0, 0.05) is 0 Å². The Hall–Kier alpha value is -1.51. The number of rotatable bonds is 2. The minimum Gasteiger partial charge on any atom is -0.453 e. The molecule has 0 fully saturated rings. The minimum absolute atomic E-state index is 0.0296. The number of hydrogen-bond acceptors (Lipinski definition) is 2. The van der Waals surface area contributed by atoms with Crippen molar-refractivity contribution in [3.63, 3.8) is 0 Å². The maximum atomic E-state index is 11.0. The van der Waals surface area contributed by atoms with Gasteiger partial charge in [-0.15, -0.1) is 0 Å². The third-order valence-electron chi connectivity index (χ3n) is 2.41. The Labute approximate surface area is 90.4 Å². The van der Waals surface area contributed by atoms with Crippen LogP contribution in [0.15, 0.2) is 18.2 Å². The van der Waals surface area contributed by atoms with E-state index in [1.165, 1.54) is 18.2 Å². The average molecular weight is 207 g/mol. The summed E-state index contributed by atoms with van der Waals surface area (Å²) < 4.78 is 4.56. The number of ether oxygens (including phenoxy) is 1. The Morgan fingerprint density at radius 1 is 1.40 bits per heavy atom. The first-order valence-corrected chi connectivity index (χ1v) is 4.96. The second-order valence-corrected chi connectivity index (χ2v) is 3.72. The van der Waals surface area contributed by atoms with Gasteiger partial charge in [0.05, 0.1) is 13.2 Å². The van der Waals surface area contributed by atoms with Gasteiger partial charge < -0.3 is 10.1 Å². The molecule has 1 aromatic rings. The van der Waals surface area contributed by atoms with Crippen molar-refractivity contribution >= 4 is 6.09 Å². The molecule has 0 bridgehead atoms. The molecule has 82 valence electrons. The fourth-order valence-corrected chi connectivity index (χ4v) is 1.62. The van der Waals surface area contributed by atoms with Gasteiger partial charge in [0.2, 0.25) is 0 Å². The summed E-state index contributed by atoms with van der Waals surface area (Å²) in [6.07, 6.45) is -0.400. The fourth-order valence-electron chi connectivity index (χ4n) is 1.62. The van der Waals surface area contributed by atoms with Gasteiger partial charge in [0.25, 0.3) is 0 Å².